The second kappa shape index (κ2) is 1.84. The molecule has 0 aromatic heterocycles. The molecule has 0 atom stereocenters. The van der Waals surface area contributed by atoms with Crippen molar-refractivity contribution < 1.29 is 9.47 Å². The number of hydrogen-bond acceptors (Lipinski definition) is 3. The molecule has 1 aliphatic rings. The zero-order valence-electron chi connectivity index (χ0n) is 3.89. The van der Waals surface area contributed by atoms with Gasteiger partial charge < -0.3 is 15.2 Å². The van der Waals surface area contributed by atoms with Gasteiger partial charge in [0.1, 0.15) is 0 Å². The fourth-order valence-corrected chi connectivity index (χ4v) is 0.358. The van der Waals surface area contributed by atoms with Crippen LogP contribution in [0.5, 0.6) is 0 Å². The van der Waals surface area contributed by atoms with Crippen molar-refractivity contribution in [3.63, 3.8) is 0 Å². The van der Waals surface area contributed by atoms with Crippen molar-refractivity contribution in [3.05, 3.63) is 12.0 Å². The molecular weight excluding hydrogens is 94.0 g/mol. The number of rotatable bonds is 0. The third kappa shape index (κ3) is 1.08. The highest BCUT2D eigenvalue weighted by atomic mass is 16.7. The monoisotopic (exact) mass is 101 g/mol. The highest BCUT2D eigenvalue weighted by molar-refractivity contribution is 4.87. The van der Waals surface area contributed by atoms with Gasteiger partial charge in [-0.1, -0.05) is 0 Å². The summed E-state index contributed by atoms with van der Waals surface area (Å²) in [4.78, 5) is 0. The van der Waals surface area contributed by atoms with E-state index in [9.17, 15) is 0 Å². The predicted molar refractivity (Wildman–Crippen MR) is 24.2 cm³/mol. The summed E-state index contributed by atoms with van der Waals surface area (Å²) >= 11 is 0. The van der Waals surface area contributed by atoms with Gasteiger partial charge in [0.15, 0.2) is 12.7 Å². The molecule has 2 N–H and O–H groups in total. The molecule has 1 aliphatic heterocycles. The first kappa shape index (κ1) is 4.46. The average molecular weight is 101 g/mol. The fourth-order valence-electron chi connectivity index (χ4n) is 0.358. The van der Waals surface area contributed by atoms with Crippen molar-refractivity contribution >= 4 is 0 Å². The van der Waals surface area contributed by atoms with Crippen LogP contribution in [0.4, 0.5) is 0 Å². The molecule has 0 aromatic carbocycles. The molecule has 0 saturated heterocycles. The zero-order chi connectivity index (χ0) is 5.11. The minimum atomic E-state index is 0.294. The van der Waals surface area contributed by atoms with E-state index in [0.717, 1.165) is 0 Å². The maximum absolute atomic E-state index is 5.19. The highest BCUT2D eigenvalue weighted by Crippen LogP contribution is 1.94. The molecule has 0 amide bonds. The largest absolute Gasteiger partial charge is 0.453 e. The van der Waals surface area contributed by atoms with Gasteiger partial charge in [0, 0.05) is 6.08 Å². The smallest absolute Gasteiger partial charge is 0.191 e. The Labute approximate surface area is 41.7 Å². The zero-order valence-corrected chi connectivity index (χ0v) is 3.89. The minimum absolute atomic E-state index is 0.294. The molecule has 3 heteroatoms. The lowest BCUT2D eigenvalue weighted by Gasteiger charge is -2.09. The van der Waals surface area contributed by atoms with Crippen molar-refractivity contribution in [1.82, 2.24) is 0 Å². The molecule has 0 unspecified atom stereocenters. The first-order chi connectivity index (χ1) is 3.39. The lowest BCUT2D eigenvalue weighted by molar-refractivity contribution is -0.0308. The Bertz CT molecular complexity index is 89.7. The van der Waals surface area contributed by atoms with Crippen LogP contribution in [0, 0.1) is 0 Å². The maximum Gasteiger partial charge on any atom is 0.191 e. The summed E-state index contributed by atoms with van der Waals surface area (Å²) in [5.41, 5.74) is 5.19. The Kier molecular flexibility index (Phi) is 1.17. The predicted octanol–water partition coefficient (Wildman–Crippen LogP) is -0.209. The molecule has 0 fully saturated rings. The summed E-state index contributed by atoms with van der Waals surface area (Å²) in [6.07, 6.45) is 1.68. The van der Waals surface area contributed by atoms with Gasteiger partial charge in [-0.05, 0) is 0 Å². The second-order valence-electron chi connectivity index (χ2n) is 1.24. The molecule has 3 nitrogen and oxygen atoms in total. The first-order valence-corrected chi connectivity index (χ1v) is 2.06. The van der Waals surface area contributed by atoms with Crippen LogP contribution in [-0.4, -0.2) is 13.4 Å². The second-order valence-corrected chi connectivity index (χ2v) is 1.24. The lowest BCUT2D eigenvalue weighted by atomic mass is 10.6. The third-order valence-electron chi connectivity index (χ3n) is 0.711. The first-order valence-electron chi connectivity index (χ1n) is 2.06. The molecule has 0 radical (unpaired) electrons. The standard InChI is InChI=1S/C4H7NO2/c5-4-1-2-6-3-7-4/h1H,2-3,5H2. The number of hydrogen-bond donors (Lipinski definition) is 1. The SMILES string of the molecule is NC1=CCOCO1. The Morgan fingerprint density at radius 2 is 2.57 bits per heavy atom. The maximum atomic E-state index is 5.19. The minimum Gasteiger partial charge on any atom is -0.453 e. The summed E-state index contributed by atoms with van der Waals surface area (Å²) in [7, 11) is 0. The van der Waals surface area contributed by atoms with Crippen LogP contribution in [0.25, 0.3) is 0 Å². The van der Waals surface area contributed by atoms with Crippen molar-refractivity contribution in [2.24, 2.45) is 5.73 Å². The highest BCUT2D eigenvalue weighted by Gasteiger charge is 1.95. The van der Waals surface area contributed by atoms with E-state index in [1.165, 1.54) is 0 Å². The summed E-state index contributed by atoms with van der Waals surface area (Å²) in [5, 5.41) is 0. The van der Waals surface area contributed by atoms with Crippen LogP contribution < -0.4 is 5.73 Å². The third-order valence-corrected chi connectivity index (χ3v) is 0.711. The number of nitrogens with two attached hydrogens (primary N) is 1. The van der Waals surface area contributed by atoms with E-state index in [1.807, 2.05) is 0 Å². The van der Waals surface area contributed by atoms with Gasteiger partial charge in [-0.25, -0.2) is 0 Å². The summed E-state index contributed by atoms with van der Waals surface area (Å²) in [6, 6.07) is 0. The van der Waals surface area contributed by atoms with E-state index < -0.39 is 0 Å². The Hall–Kier alpha value is -0.700. The molecule has 0 bridgehead atoms. The topological polar surface area (TPSA) is 44.5 Å². The molecular formula is C4H7NO2. The Morgan fingerprint density at radius 3 is 2.86 bits per heavy atom. The summed E-state index contributed by atoms with van der Waals surface area (Å²) in [6.45, 7) is 0.869. The Morgan fingerprint density at radius 1 is 1.71 bits per heavy atom. The van der Waals surface area contributed by atoms with Crippen LogP contribution in [0.2, 0.25) is 0 Å². The van der Waals surface area contributed by atoms with E-state index in [0.29, 0.717) is 19.3 Å². The van der Waals surface area contributed by atoms with Crippen molar-refractivity contribution in [2.45, 2.75) is 0 Å². The van der Waals surface area contributed by atoms with E-state index in [1.54, 1.807) is 6.08 Å². The Balaban J connectivity index is 2.40. The molecule has 0 saturated carbocycles. The van der Waals surface area contributed by atoms with Crippen LogP contribution in [0.15, 0.2) is 12.0 Å². The van der Waals surface area contributed by atoms with Gasteiger partial charge in [0.2, 0.25) is 0 Å². The molecule has 1 rings (SSSR count). The lowest BCUT2D eigenvalue weighted by Crippen LogP contribution is -2.12. The van der Waals surface area contributed by atoms with Crippen molar-refractivity contribution in [2.75, 3.05) is 13.4 Å². The normalized spacial score (nSPS) is 20.3. The summed E-state index contributed by atoms with van der Waals surface area (Å²) < 4.78 is 9.46. The molecule has 0 spiro atoms. The van der Waals surface area contributed by atoms with Gasteiger partial charge >= 0.3 is 0 Å². The molecule has 40 valence electrons. The molecule has 7 heavy (non-hydrogen) atoms. The van der Waals surface area contributed by atoms with Gasteiger partial charge in [0.05, 0.1) is 6.61 Å². The average Bonchev–Trinajstić information content (AvgIpc) is 1.69. The van der Waals surface area contributed by atoms with E-state index >= 15 is 0 Å². The van der Waals surface area contributed by atoms with Crippen molar-refractivity contribution in [1.29, 1.82) is 0 Å². The van der Waals surface area contributed by atoms with Crippen LogP contribution in [0.3, 0.4) is 0 Å². The van der Waals surface area contributed by atoms with Gasteiger partial charge in [-0.3, -0.25) is 0 Å². The van der Waals surface area contributed by atoms with Crippen LogP contribution in [0.1, 0.15) is 0 Å². The molecule has 1 heterocycles. The van der Waals surface area contributed by atoms with E-state index in [2.05, 4.69) is 0 Å². The number of ether oxygens (including phenoxy) is 2. The van der Waals surface area contributed by atoms with Crippen molar-refractivity contribution in [3.8, 4) is 0 Å². The summed E-state index contributed by atoms with van der Waals surface area (Å²) in [5.74, 6) is 0.464. The van der Waals surface area contributed by atoms with Gasteiger partial charge in [0.25, 0.3) is 0 Å². The van der Waals surface area contributed by atoms with Gasteiger partial charge in [-0.2, -0.15) is 0 Å². The molecule has 0 aromatic rings. The quantitative estimate of drug-likeness (QED) is 0.459. The van der Waals surface area contributed by atoms with Crippen LogP contribution >= 0.6 is 0 Å². The molecule has 0 aliphatic carbocycles. The fraction of sp³-hybridized carbons (Fsp3) is 0.500. The van der Waals surface area contributed by atoms with Crippen LogP contribution in [-0.2, 0) is 9.47 Å². The van der Waals surface area contributed by atoms with E-state index in [-0.39, 0.29) is 0 Å². The van der Waals surface area contributed by atoms with E-state index in [4.69, 9.17) is 15.2 Å². The van der Waals surface area contributed by atoms with Gasteiger partial charge in [-0.15, -0.1) is 0 Å².